The predicted molar refractivity (Wildman–Crippen MR) is 67.4 cm³/mol. The number of aromatic nitrogens is 1. The summed E-state index contributed by atoms with van der Waals surface area (Å²) < 4.78 is 0. The summed E-state index contributed by atoms with van der Waals surface area (Å²) in [5.41, 5.74) is 0.818. The van der Waals surface area contributed by atoms with Gasteiger partial charge in [-0.3, -0.25) is 9.78 Å². The normalized spacial score (nSPS) is 12.3. The van der Waals surface area contributed by atoms with Crippen LogP contribution < -0.4 is 5.32 Å². The van der Waals surface area contributed by atoms with Crippen molar-refractivity contribution in [3.05, 3.63) is 36.0 Å². The molecule has 5 heteroatoms. The molecule has 1 amide bonds. The number of rotatable bonds is 3. The molecule has 0 aliphatic heterocycles. The van der Waals surface area contributed by atoms with Crippen molar-refractivity contribution in [2.45, 2.75) is 13.0 Å². The lowest BCUT2D eigenvalue weighted by Gasteiger charge is -2.13. The van der Waals surface area contributed by atoms with E-state index in [1.807, 2.05) is 6.07 Å². The standard InChI is InChI=1S/C13H14N2O3/c1-8(7-16)15-13(18)12-9-4-2-3-5-10(9)14-6-11(12)17/h2-6,8,16-17H,7H2,1H3,(H,15,18). The third-order valence-corrected chi connectivity index (χ3v) is 2.63. The molecule has 1 heterocycles. The lowest BCUT2D eigenvalue weighted by Crippen LogP contribution is -2.35. The van der Waals surface area contributed by atoms with Gasteiger partial charge in [-0.1, -0.05) is 18.2 Å². The van der Waals surface area contributed by atoms with Crippen molar-refractivity contribution in [2.24, 2.45) is 0 Å². The number of pyridine rings is 1. The number of aromatic hydroxyl groups is 1. The average molecular weight is 246 g/mol. The van der Waals surface area contributed by atoms with Gasteiger partial charge in [0.15, 0.2) is 0 Å². The molecular formula is C13H14N2O3. The summed E-state index contributed by atoms with van der Waals surface area (Å²) in [7, 11) is 0. The highest BCUT2D eigenvalue weighted by atomic mass is 16.3. The number of nitrogens with one attached hydrogen (secondary N) is 1. The topological polar surface area (TPSA) is 82.5 Å². The molecule has 1 atom stereocenters. The summed E-state index contributed by atoms with van der Waals surface area (Å²) in [5, 5.41) is 21.9. The van der Waals surface area contributed by atoms with Crippen molar-refractivity contribution in [2.75, 3.05) is 6.61 Å². The molecule has 1 unspecified atom stereocenters. The SMILES string of the molecule is CC(CO)NC(=O)c1c(O)cnc2ccccc12. The van der Waals surface area contributed by atoms with Gasteiger partial charge in [0.25, 0.3) is 5.91 Å². The molecule has 0 spiro atoms. The lowest BCUT2D eigenvalue weighted by atomic mass is 10.1. The number of aliphatic hydroxyl groups is 1. The van der Waals surface area contributed by atoms with Gasteiger partial charge >= 0.3 is 0 Å². The molecule has 3 N–H and O–H groups in total. The molecule has 0 saturated carbocycles. The minimum Gasteiger partial charge on any atom is -0.505 e. The number of carbonyl (C=O) groups excluding carboxylic acids is 1. The van der Waals surface area contributed by atoms with Crippen LogP contribution in [0, 0.1) is 0 Å². The average Bonchev–Trinajstić information content (AvgIpc) is 2.38. The number of hydrogen-bond acceptors (Lipinski definition) is 4. The van der Waals surface area contributed by atoms with Crippen molar-refractivity contribution >= 4 is 16.8 Å². The highest BCUT2D eigenvalue weighted by Gasteiger charge is 2.17. The molecule has 5 nitrogen and oxygen atoms in total. The number of benzene rings is 1. The maximum Gasteiger partial charge on any atom is 0.256 e. The Morgan fingerprint density at radius 1 is 1.44 bits per heavy atom. The zero-order valence-corrected chi connectivity index (χ0v) is 9.92. The van der Waals surface area contributed by atoms with Crippen LogP contribution in [0.25, 0.3) is 10.9 Å². The van der Waals surface area contributed by atoms with Crippen LogP contribution in [-0.2, 0) is 0 Å². The van der Waals surface area contributed by atoms with E-state index in [1.165, 1.54) is 6.20 Å². The molecule has 2 rings (SSSR count). The Balaban J connectivity index is 2.49. The van der Waals surface area contributed by atoms with E-state index in [0.717, 1.165) is 0 Å². The first-order chi connectivity index (χ1) is 8.63. The summed E-state index contributed by atoms with van der Waals surface area (Å²) >= 11 is 0. The van der Waals surface area contributed by atoms with E-state index in [0.29, 0.717) is 10.9 Å². The molecule has 0 aliphatic carbocycles. The fourth-order valence-corrected chi connectivity index (χ4v) is 1.71. The van der Waals surface area contributed by atoms with E-state index < -0.39 is 5.91 Å². The van der Waals surface area contributed by atoms with Crippen molar-refractivity contribution < 1.29 is 15.0 Å². The number of hydrogen-bond donors (Lipinski definition) is 3. The van der Waals surface area contributed by atoms with Crippen LogP contribution in [-0.4, -0.2) is 33.8 Å². The van der Waals surface area contributed by atoms with E-state index in [9.17, 15) is 9.90 Å². The molecule has 1 aromatic heterocycles. The summed E-state index contributed by atoms with van der Waals surface area (Å²) in [6, 6.07) is 6.70. The smallest absolute Gasteiger partial charge is 0.256 e. The Kier molecular flexibility index (Phi) is 3.43. The second-order valence-corrected chi connectivity index (χ2v) is 4.09. The number of amides is 1. The van der Waals surface area contributed by atoms with Gasteiger partial charge in [0.05, 0.1) is 23.9 Å². The Morgan fingerprint density at radius 2 is 2.17 bits per heavy atom. The van der Waals surface area contributed by atoms with Crippen LogP contribution in [0.2, 0.25) is 0 Å². The molecule has 18 heavy (non-hydrogen) atoms. The van der Waals surface area contributed by atoms with Crippen molar-refractivity contribution in [3.8, 4) is 5.75 Å². The maximum atomic E-state index is 12.0. The summed E-state index contributed by atoms with van der Waals surface area (Å²) in [4.78, 5) is 16.1. The van der Waals surface area contributed by atoms with Crippen molar-refractivity contribution in [1.82, 2.24) is 10.3 Å². The van der Waals surface area contributed by atoms with Crippen LogP contribution in [0.15, 0.2) is 30.5 Å². The third-order valence-electron chi connectivity index (χ3n) is 2.63. The molecule has 0 aliphatic rings. The molecule has 0 saturated heterocycles. The zero-order valence-electron chi connectivity index (χ0n) is 9.92. The lowest BCUT2D eigenvalue weighted by molar-refractivity contribution is 0.0921. The van der Waals surface area contributed by atoms with Gasteiger partial charge in [-0.25, -0.2) is 0 Å². The van der Waals surface area contributed by atoms with Crippen LogP contribution in [0.4, 0.5) is 0 Å². The van der Waals surface area contributed by atoms with E-state index in [1.54, 1.807) is 25.1 Å². The fraction of sp³-hybridized carbons (Fsp3) is 0.231. The number of para-hydroxylation sites is 1. The molecular weight excluding hydrogens is 232 g/mol. The van der Waals surface area contributed by atoms with Gasteiger partial charge in [-0.15, -0.1) is 0 Å². The van der Waals surface area contributed by atoms with E-state index in [4.69, 9.17) is 5.11 Å². The Labute approximate surface area is 104 Å². The van der Waals surface area contributed by atoms with Gasteiger partial charge in [0, 0.05) is 11.4 Å². The molecule has 0 radical (unpaired) electrons. The second kappa shape index (κ2) is 5.01. The summed E-state index contributed by atoms with van der Waals surface area (Å²) in [6.07, 6.45) is 1.25. The van der Waals surface area contributed by atoms with Crippen molar-refractivity contribution in [3.63, 3.8) is 0 Å². The van der Waals surface area contributed by atoms with Gasteiger partial charge in [-0.05, 0) is 13.0 Å². The summed E-state index contributed by atoms with van der Waals surface area (Å²) in [6.45, 7) is 1.52. The first kappa shape index (κ1) is 12.3. The van der Waals surface area contributed by atoms with Crippen LogP contribution in [0.3, 0.4) is 0 Å². The first-order valence-corrected chi connectivity index (χ1v) is 5.62. The highest BCUT2D eigenvalue weighted by Crippen LogP contribution is 2.24. The van der Waals surface area contributed by atoms with Crippen LogP contribution in [0.1, 0.15) is 17.3 Å². The molecule has 0 fully saturated rings. The van der Waals surface area contributed by atoms with E-state index in [-0.39, 0.29) is 24.0 Å². The Bertz CT molecular complexity index is 583. The Morgan fingerprint density at radius 3 is 2.89 bits per heavy atom. The van der Waals surface area contributed by atoms with E-state index >= 15 is 0 Å². The number of fused-ring (bicyclic) bond motifs is 1. The molecule has 1 aromatic carbocycles. The molecule has 2 aromatic rings. The Hall–Kier alpha value is -2.14. The zero-order chi connectivity index (χ0) is 13.1. The molecule has 0 bridgehead atoms. The van der Waals surface area contributed by atoms with Gasteiger partial charge in [0.2, 0.25) is 0 Å². The van der Waals surface area contributed by atoms with Gasteiger partial charge in [0.1, 0.15) is 5.75 Å². The predicted octanol–water partition coefficient (Wildman–Crippen LogP) is 1.05. The quantitative estimate of drug-likeness (QED) is 0.756. The van der Waals surface area contributed by atoms with Crippen LogP contribution in [0.5, 0.6) is 5.75 Å². The minimum atomic E-state index is -0.423. The first-order valence-electron chi connectivity index (χ1n) is 5.62. The number of carbonyl (C=O) groups is 1. The van der Waals surface area contributed by atoms with Gasteiger partial charge in [-0.2, -0.15) is 0 Å². The maximum absolute atomic E-state index is 12.0. The van der Waals surface area contributed by atoms with Crippen molar-refractivity contribution in [1.29, 1.82) is 0 Å². The van der Waals surface area contributed by atoms with Gasteiger partial charge < -0.3 is 15.5 Å². The highest BCUT2D eigenvalue weighted by molar-refractivity contribution is 6.08. The second-order valence-electron chi connectivity index (χ2n) is 4.09. The minimum absolute atomic E-state index is 0.157. The monoisotopic (exact) mass is 246 g/mol. The number of aliphatic hydroxyl groups excluding tert-OH is 1. The number of nitrogens with zero attached hydrogens (tertiary/aromatic N) is 1. The fourth-order valence-electron chi connectivity index (χ4n) is 1.71. The van der Waals surface area contributed by atoms with E-state index in [2.05, 4.69) is 10.3 Å². The van der Waals surface area contributed by atoms with Crippen LogP contribution >= 0.6 is 0 Å². The molecule has 94 valence electrons. The largest absolute Gasteiger partial charge is 0.505 e. The third kappa shape index (κ3) is 2.26. The summed E-state index contributed by atoms with van der Waals surface area (Å²) in [5.74, 6) is -0.594.